The van der Waals surface area contributed by atoms with Crippen molar-refractivity contribution in [2.45, 2.75) is 37.7 Å². The number of fused-ring (bicyclic) bond motifs is 3. The molecule has 11 heavy (non-hydrogen) atoms. The minimum absolute atomic E-state index is 0.378. The van der Waals surface area contributed by atoms with Crippen molar-refractivity contribution in [3.05, 3.63) is 0 Å². The van der Waals surface area contributed by atoms with E-state index in [1.165, 1.54) is 19.3 Å². The molecule has 64 valence electrons. The molecule has 2 heteroatoms. The van der Waals surface area contributed by atoms with E-state index in [1.54, 1.807) is 0 Å². The van der Waals surface area contributed by atoms with E-state index in [0.29, 0.717) is 11.8 Å². The summed E-state index contributed by atoms with van der Waals surface area (Å²) >= 11 is 5.80. The van der Waals surface area contributed by atoms with Crippen LogP contribution >= 0.6 is 11.6 Å². The van der Waals surface area contributed by atoms with E-state index in [2.05, 4.69) is 0 Å². The van der Waals surface area contributed by atoms with Crippen molar-refractivity contribution in [3.63, 3.8) is 0 Å². The summed E-state index contributed by atoms with van der Waals surface area (Å²) in [6.07, 6.45) is 5.61. The van der Waals surface area contributed by atoms with Gasteiger partial charge in [-0.15, -0.1) is 11.6 Å². The number of rotatable bonds is 1. The number of halogens is 1. The summed E-state index contributed by atoms with van der Waals surface area (Å²) in [5, 5.41) is 10.1. The van der Waals surface area contributed by atoms with Gasteiger partial charge in [0.25, 0.3) is 0 Å². The Labute approximate surface area is 72.7 Å². The molecule has 0 radical (unpaired) electrons. The van der Waals surface area contributed by atoms with Gasteiger partial charge in [-0.05, 0) is 38.0 Å². The second-order valence-corrected chi connectivity index (χ2v) is 4.44. The predicted octanol–water partition coefficient (Wildman–Crippen LogP) is 2.17. The van der Waals surface area contributed by atoms with Gasteiger partial charge in [-0.2, -0.15) is 0 Å². The second kappa shape index (κ2) is 2.63. The van der Waals surface area contributed by atoms with Gasteiger partial charge in [-0.3, -0.25) is 0 Å². The highest BCUT2D eigenvalue weighted by atomic mass is 35.5. The summed E-state index contributed by atoms with van der Waals surface area (Å²) in [6, 6.07) is 0. The monoisotopic (exact) mass is 174 g/mol. The highest BCUT2D eigenvalue weighted by molar-refractivity contribution is 6.18. The molecule has 3 aliphatic carbocycles. The van der Waals surface area contributed by atoms with Gasteiger partial charge in [-0.1, -0.05) is 0 Å². The van der Waals surface area contributed by atoms with E-state index in [9.17, 15) is 5.11 Å². The highest BCUT2D eigenvalue weighted by Gasteiger charge is 2.45. The van der Waals surface area contributed by atoms with Crippen molar-refractivity contribution < 1.29 is 5.11 Å². The SMILES string of the molecule is OC12CCC(CC1)CC2CCl. The lowest BCUT2D eigenvalue weighted by molar-refractivity contribution is -0.0955. The van der Waals surface area contributed by atoms with E-state index < -0.39 is 0 Å². The van der Waals surface area contributed by atoms with Gasteiger partial charge in [0.1, 0.15) is 0 Å². The Kier molecular flexibility index (Phi) is 1.89. The normalized spacial score (nSPS) is 49.6. The van der Waals surface area contributed by atoms with Crippen LogP contribution in [0.4, 0.5) is 0 Å². The molecule has 0 aromatic rings. The molecule has 3 aliphatic rings. The minimum Gasteiger partial charge on any atom is -0.390 e. The summed E-state index contributed by atoms with van der Waals surface area (Å²) in [5.74, 6) is 1.90. The fraction of sp³-hybridized carbons (Fsp3) is 1.00. The standard InChI is InChI=1S/C9H15ClO/c10-6-8-5-7-1-3-9(8,11)4-2-7/h7-8,11H,1-6H2. The average Bonchev–Trinajstić information content (AvgIpc) is 2.05. The van der Waals surface area contributed by atoms with Gasteiger partial charge in [0, 0.05) is 11.8 Å². The number of hydrogen-bond donors (Lipinski definition) is 1. The zero-order valence-corrected chi connectivity index (χ0v) is 7.48. The van der Waals surface area contributed by atoms with Crippen LogP contribution < -0.4 is 0 Å². The Hall–Kier alpha value is 0.250. The molecule has 0 heterocycles. The Morgan fingerprint density at radius 3 is 2.36 bits per heavy atom. The van der Waals surface area contributed by atoms with Crippen molar-refractivity contribution in [1.29, 1.82) is 0 Å². The molecular weight excluding hydrogens is 160 g/mol. The van der Waals surface area contributed by atoms with Crippen molar-refractivity contribution >= 4 is 11.6 Å². The van der Waals surface area contributed by atoms with Crippen LogP contribution in [0.1, 0.15) is 32.1 Å². The van der Waals surface area contributed by atoms with Crippen LogP contribution in [0.25, 0.3) is 0 Å². The molecule has 0 aliphatic heterocycles. The highest BCUT2D eigenvalue weighted by Crippen LogP contribution is 2.47. The van der Waals surface area contributed by atoms with E-state index in [4.69, 9.17) is 11.6 Å². The van der Waals surface area contributed by atoms with Gasteiger partial charge >= 0.3 is 0 Å². The van der Waals surface area contributed by atoms with Crippen LogP contribution in [-0.4, -0.2) is 16.6 Å². The molecule has 2 bridgehead atoms. The van der Waals surface area contributed by atoms with Crippen LogP contribution in [0.3, 0.4) is 0 Å². The van der Waals surface area contributed by atoms with E-state index in [1.807, 2.05) is 0 Å². The van der Waals surface area contributed by atoms with Gasteiger partial charge in [0.2, 0.25) is 0 Å². The molecule has 0 saturated heterocycles. The maximum atomic E-state index is 10.1. The lowest BCUT2D eigenvalue weighted by Gasteiger charge is -2.48. The van der Waals surface area contributed by atoms with Crippen LogP contribution in [0.5, 0.6) is 0 Å². The first-order valence-electron chi connectivity index (χ1n) is 4.53. The second-order valence-electron chi connectivity index (χ2n) is 4.13. The van der Waals surface area contributed by atoms with E-state index in [-0.39, 0.29) is 5.60 Å². The summed E-state index contributed by atoms with van der Waals surface area (Å²) in [5.41, 5.74) is -0.378. The van der Waals surface area contributed by atoms with Crippen molar-refractivity contribution in [1.82, 2.24) is 0 Å². The maximum Gasteiger partial charge on any atom is 0.0687 e. The Balaban J connectivity index is 2.13. The largest absolute Gasteiger partial charge is 0.390 e. The summed E-state index contributed by atoms with van der Waals surface area (Å²) in [4.78, 5) is 0. The molecule has 0 amide bonds. The van der Waals surface area contributed by atoms with Gasteiger partial charge < -0.3 is 5.11 Å². The predicted molar refractivity (Wildman–Crippen MR) is 45.7 cm³/mol. The third-order valence-corrected chi connectivity index (χ3v) is 3.91. The molecular formula is C9H15ClO. The van der Waals surface area contributed by atoms with Gasteiger partial charge in [0.15, 0.2) is 0 Å². The topological polar surface area (TPSA) is 20.2 Å². The first-order chi connectivity index (χ1) is 5.24. The van der Waals surface area contributed by atoms with Crippen molar-refractivity contribution in [2.75, 3.05) is 5.88 Å². The number of aliphatic hydroxyl groups is 1. The van der Waals surface area contributed by atoms with Crippen LogP contribution in [0.2, 0.25) is 0 Å². The van der Waals surface area contributed by atoms with Crippen LogP contribution in [0, 0.1) is 11.8 Å². The van der Waals surface area contributed by atoms with Crippen LogP contribution in [0.15, 0.2) is 0 Å². The summed E-state index contributed by atoms with van der Waals surface area (Å²) in [7, 11) is 0. The maximum absolute atomic E-state index is 10.1. The zero-order valence-electron chi connectivity index (χ0n) is 6.72. The fourth-order valence-corrected chi connectivity index (χ4v) is 3.06. The first-order valence-corrected chi connectivity index (χ1v) is 5.06. The number of hydrogen-bond acceptors (Lipinski definition) is 1. The third-order valence-electron chi connectivity index (χ3n) is 3.54. The third kappa shape index (κ3) is 1.19. The molecule has 0 aromatic heterocycles. The average molecular weight is 175 g/mol. The van der Waals surface area contributed by atoms with Crippen LogP contribution in [-0.2, 0) is 0 Å². The fourth-order valence-electron chi connectivity index (χ4n) is 2.65. The Bertz CT molecular complexity index is 150. The van der Waals surface area contributed by atoms with Gasteiger partial charge in [0.05, 0.1) is 5.60 Å². The summed E-state index contributed by atoms with van der Waals surface area (Å²) in [6.45, 7) is 0. The van der Waals surface area contributed by atoms with Crippen molar-refractivity contribution in [2.24, 2.45) is 11.8 Å². The summed E-state index contributed by atoms with van der Waals surface area (Å²) < 4.78 is 0. The first kappa shape index (κ1) is 7.88. The lowest BCUT2D eigenvalue weighted by atomic mass is 9.62. The lowest BCUT2D eigenvalue weighted by Crippen LogP contribution is -2.48. The molecule has 3 rings (SSSR count). The van der Waals surface area contributed by atoms with Crippen molar-refractivity contribution in [3.8, 4) is 0 Å². The Morgan fingerprint density at radius 1 is 1.36 bits per heavy atom. The molecule has 1 nitrogen and oxygen atoms in total. The molecule has 1 N–H and O–H groups in total. The smallest absolute Gasteiger partial charge is 0.0687 e. The van der Waals surface area contributed by atoms with E-state index in [0.717, 1.165) is 18.8 Å². The Morgan fingerprint density at radius 2 is 2.00 bits per heavy atom. The molecule has 0 spiro atoms. The number of alkyl halides is 1. The minimum atomic E-state index is -0.378. The molecule has 1 atom stereocenters. The molecule has 0 aromatic carbocycles. The zero-order chi connectivity index (χ0) is 7.90. The molecule has 1 unspecified atom stereocenters. The molecule has 3 saturated carbocycles. The van der Waals surface area contributed by atoms with E-state index >= 15 is 0 Å². The quantitative estimate of drug-likeness (QED) is 0.605. The molecule has 3 fully saturated rings. The van der Waals surface area contributed by atoms with Gasteiger partial charge in [-0.25, -0.2) is 0 Å².